The number of rotatable bonds is 4. The van der Waals surface area contributed by atoms with Crippen LogP contribution in [0, 0.1) is 6.92 Å². The number of anilines is 1. The van der Waals surface area contributed by atoms with E-state index in [1.807, 2.05) is 20.8 Å². The Kier molecular flexibility index (Phi) is 4.23. The van der Waals surface area contributed by atoms with Crippen molar-refractivity contribution in [1.82, 2.24) is 0 Å². The summed E-state index contributed by atoms with van der Waals surface area (Å²) in [6, 6.07) is 11.5. The van der Waals surface area contributed by atoms with Gasteiger partial charge in [0.2, 0.25) is 0 Å². The zero-order chi connectivity index (χ0) is 15.6. The van der Waals surface area contributed by atoms with Crippen LogP contribution < -0.4 is 4.72 Å². The number of aryl methyl sites for hydroxylation is 1. The minimum absolute atomic E-state index is 0.0879. The average Bonchev–Trinajstić information content (AvgIpc) is 2.41. The Morgan fingerprint density at radius 3 is 2.24 bits per heavy atom. The van der Waals surface area contributed by atoms with Crippen molar-refractivity contribution < 1.29 is 13.5 Å². The highest BCUT2D eigenvalue weighted by atomic mass is 32.2. The van der Waals surface area contributed by atoms with Crippen molar-refractivity contribution in [2.24, 2.45) is 0 Å². The predicted octanol–water partition coefficient (Wildman–Crippen LogP) is 3.62. The van der Waals surface area contributed by atoms with Crippen molar-refractivity contribution in [2.45, 2.75) is 31.6 Å². The third-order valence-electron chi connectivity index (χ3n) is 3.26. The van der Waals surface area contributed by atoms with E-state index in [1.54, 1.807) is 36.4 Å². The summed E-state index contributed by atoms with van der Waals surface area (Å²) in [6.45, 7) is 5.90. The molecule has 0 heterocycles. The molecule has 0 saturated heterocycles. The molecule has 21 heavy (non-hydrogen) atoms. The van der Waals surface area contributed by atoms with Crippen LogP contribution in [0.15, 0.2) is 47.4 Å². The Morgan fingerprint density at radius 1 is 1.05 bits per heavy atom. The summed E-state index contributed by atoms with van der Waals surface area (Å²) in [5.41, 5.74) is 2.13. The molecule has 0 aromatic heterocycles. The summed E-state index contributed by atoms with van der Waals surface area (Å²) >= 11 is 0. The Hall–Kier alpha value is -2.01. The third kappa shape index (κ3) is 3.55. The van der Waals surface area contributed by atoms with E-state index in [-0.39, 0.29) is 22.3 Å². The summed E-state index contributed by atoms with van der Waals surface area (Å²) < 4.78 is 27.1. The molecule has 0 bridgehead atoms. The number of aromatic hydroxyl groups is 1. The van der Waals surface area contributed by atoms with Gasteiger partial charge in [0.05, 0.1) is 10.6 Å². The average molecular weight is 305 g/mol. The summed E-state index contributed by atoms with van der Waals surface area (Å²) in [7, 11) is -3.71. The molecule has 2 rings (SSSR count). The second kappa shape index (κ2) is 5.77. The maximum atomic E-state index is 12.3. The van der Waals surface area contributed by atoms with Gasteiger partial charge < -0.3 is 5.11 Å². The maximum Gasteiger partial charge on any atom is 0.262 e. The van der Waals surface area contributed by atoms with E-state index >= 15 is 0 Å². The monoisotopic (exact) mass is 305 g/mol. The van der Waals surface area contributed by atoms with Crippen molar-refractivity contribution >= 4 is 15.7 Å². The van der Waals surface area contributed by atoms with E-state index in [9.17, 15) is 13.5 Å². The summed E-state index contributed by atoms with van der Waals surface area (Å²) in [4.78, 5) is 0.169. The molecule has 4 nitrogen and oxygen atoms in total. The van der Waals surface area contributed by atoms with Crippen LogP contribution in [0.1, 0.15) is 30.9 Å². The van der Waals surface area contributed by atoms with Gasteiger partial charge in [0.15, 0.2) is 0 Å². The highest BCUT2D eigenvalue weighted by Crippen LogP contribution is 2.29. The first-order valence-electron chi connectivity index (χ1n) is 6.72. The first-order valence-corrected chi connectivity index (χ1v) is 8.20. The molecule has 0 radical (unpaired) electrons. The van der Waals surface area contributed by atoms with Gasteiger partial charge in [-0.1, -0.05) is 37.6 Å². The van der Waals surface area contributed by atoms with E-state index in [2.05, 4.69) is 4.72 Å². The molecular formula is C16H19NO3S. The lowest BCUT2D eigenvalue weighted by Gasteiger charge is -2.13. The number of hydrogen-bond donors (Lipinski definition) is 2. The molecule has 0 saturated carbocycles. The second-order valence-corrected chi connectivity index (χ2v) is 7.03. The maximum absolute atomic E-state index is 12.3. The van der Waals surface area contributed by atoms with Crippen LogP contribution in [-0.2, 0) is 10.0 Å². The number of benzene rings is 2. The molecule has 0 spiro atoms. The van der Waals surface area contributed by atoms with Crippen LogP contribution >= 0.6 is 0 Å². The van der Waals surface area contributed by atoms with Crippen molar-refractivity contribution in [3.8, 4) is 5.75 Å². The van der Waals surface area contributed by atoms with Gasteiger partial charge in [-0.3, -0.25) is 4.72 Å². The minimum Gasteiger partial charge on any atom is -0.506 e. The standard InChI is InChI=1S/C16H19NO3S/c1-11(2)13-6-9-16(18)15(10-13)17-21(19,20)14-7-4-12(3)5-8-14/h4-11,17-18H,1-3H3. The van der Waals surface area contributed by atoms with E-state index in [0.29, 0.717) is 0 Å². The number of hydrogen-bond acceptors (Lipinski definition) is 3. The molecule has 2 aromatic rings. The summed E-state index contributed by atoms with van der Waals surface area (Å²) in [5.74, 6) is 0.156. The van der Waals surface area contributed by atoms with Gasteiger partial charge in [0.1, 0.15) is 5.75 Å². The number of nitrogens with one attached hydrogen (secondary N) is 1. The topological polar surface area (TPSA) is 66.4 Å². The largest absolute Gasteiger partial charge is 0.506 e. The van der Waals surface area contributed by atoms with Crippen LogP contribution in [0.4, 0.5) is 5.69 Å². The van der Waals surface area contributed by atoms with Gasteiger partial charge in [0.25, 0.3) is 10.0 Å². The lowest BCUT2D eigenvalue weighted by molar-refractivity contribution is 0.477. The van der Waals surface area contributed by atoms with Gasteiger partial charge in [-0.15, -0.1) is 0 Å². The zero-order valence-corrected chi connectivity index (χ0v) is 13.1. The molecule has 2 aromatic carbocycles. The molecule has 2 N–H and O–H groups in total. The van der Waals surface area contributed by atoms with E-state index in [0.717, 1.165) is 11.1 Å². The fourth-order valence-corrected chi connectivity index (χ4v) is 2.98. The first kappa shape index (κ1) is 15.4. The molecule has 0 aliphatic heterocycles. The molecule has 0 atom stereocenters. The Bertz CT molecular complexity index is 735. The zero-order valence-electron chi connectivity index (χ0n) is 12.3. The minimum atomic E-state index is -3.71. The predicted molar refractivity (Wildman–Crippen MR) is 84.2 cm³/mol. The number of sulfonamides is 1. The lowest BCUT2D eigenvalue weighted by Crippen LogP contribution is -2.13. The van der Waals surface area contributed by atoms with Gasteiger partial charge in [-0.2, -0.15) is 0 Å². The molecular weight excluding hydrogens is 286 g/mol. The van der Waals surface area contributed by atoms with Crippen molar-refractivity contribution in [3.05, 3.63) is 53.6 Å². The molecule has 0 unspecified atom stereocenters. The van der Waals surface area contributed by atoms with E-state index < -0.39 is 10.0 Å². The van der Waals surface area contributed by atoms with Crippen LogP contribution in [-0.4, -0.2) is 13.5 Å². The molecule has 0 aliphatic carbocycles. The highest BCUT2D eigenvalue weighted by molar-refractivity contribution is 7.92. The molecule has 0 aliphatic rings. The fraction of sp³-hybridized carbons (Fsp3) is 0.250. The molecule has 0 fully saturated rings. The van der Waals surface area contributed by atoms with Crippen molar-refractivity contribution in [2.75, 3.05) is 4.72 Å². The summed E-state index contributed by atoms with van der Waals surface area (Å²) in [6.07, 6.45) is 0. The number of phenolic OH excluding ortho intramolecular Hbond substituents is 1. The number of phenols is 1. The van der Waals surface area contributed by atoms with Crippen LogP contribution in [0.5, 0.6) is 5.75 Å². The SMILES string of the molecule is Cc1ccc(S(=O)(=O)Nc2cc(C(C)C)ccc2O)cc1. The van der Waals surface area contributed by atoms with Crippen molar-refractivity contribution in [1.29, 1.82) is 0 Å². The first-order chi connectivity index (χ1) is 9.79. The van der Waals surface area contributed by atoms with Gasteiger partial charge >= 0.3 is 0 Å². The lowest BCUT2D eigenvalue weighted by atomic mass is 10.0. The smallest absolute Gasteiger partial charge is 0.262 e. The normalized spacial score (nSPS) is 11.6. The quantitative estimate of drug-likeness (QED) is 0.848. The van der Waals surface area contributed by atoms with E-state index in [4.69, 9.17) is 0 Å². The van der Waals surface area contributed by atoms with Crippen LogP contribution in [0.2, 0.25) is 0 Å². The summed E-state index contributed by atoms with van der Waals surface area (Å²) in [5, 5.41) is 9.84. The third-order valence-corrected chi connectivity index (χ3v) is 4.64. The Morgan fingerprint density at radius 2 is 1.67 bits per heavy atom. The van der Waals surface area contributed by atoms with Gasteiger partial charge in [0, 0.05) is 0 Å². The van der Waals surface area contributed by atoms with Crippen molar-refractivity contribution in [3.63, 3.8) is 0 Å². The molecule has 0 amide bonds. The Balaban J connectivity index is 2.36. The fourth-order valence-electron chi connectivity index (χ4n) is 1.92. The van der Waals surface area contributed by atoms with Gasteiger partial charge in [-0.05, 0) is 42.7 Å². The second-order valence-electron chi connectivity index (χ2n) is 5.35. The van der Waals surface area contributed by atoms with Crippen LogP contribution in [0.25, 0.3) is 0 Å². The van der Waals surface area contributed by atoms with Crippen LogP contribution in [0.3, 0.4) is 0 Å². The van der Waals surface area contributed by atoms with E-state index in [1.165, 1.54) is 6.07 Å². The Labute approximate surface area is 125 Å². The molecule has 112 valence electrons. The van der Waals surface area contributed by atoms with Gasteiger partial charge in [-0.25, -0.2) is 8.42 Å². The molecule has 5 heteroatoms. The highest BCUT2D eigenvalue weighted by Gasteiger charge is 2.16.